The summed E-state index contributed by atoms with van der Waals surface area (Å²) >= 11 is 1.66. The maximum Gasteiger partial charge on any atom is 0.227 e. The third kappa shape index (κ3) is 2.30. The molecule has 130 valence electrons. The highest BCUT2D eigenvalue weighted by Gasteiger charge is 2.19. The van der Waals surface area contributed by atoms with E-state index >= 15 is 0 Å². The molecule has 0 unspecified atom stereocenters. The second-order valence-corrected chi connectivity index (χ2v) is 7.18. The van der Waals surface area contributed by atoms with Crippen LogP contribution in [0.2, 0.25) is 0 Å². The van der Waals surface area contributed by atoms with Gasteiger partial charge in [0, 0.05) is 4.88 Å². The molecule has 0 spiro atoms. The zero-order chi connectivity index (χ0) is 17.7. The maximum atomic E-state index is 5.46. The van der Waals surface area contributed by atoms with Crippen molar-refractivity contribution in [3.8, 4) is 11.6 Å². The lowest BCUT2D eigenvalue weighted by Gasteiger charge is -2.06. The van der Waals surface area contributed by atoms with Gasteiger partial charge in [0.25, 0.3) is 0 Å². The molecule has 0 saturated heterocycles. The van der Waals surface area contributed by atoms with Gasteiger partial charge in [0.05, 0.1) is 24.5 Å². The Balaban J connectivity index is 1.71. The summed E-state index contributed by atoms with van der Waals surface area (Å²) in [5.41, 5.74) is 1.95. The van der Waals surface area contributed by atoms with Gasteiger partial charge in [-0.2, -0.15) is 4.52 Å². The number of rotatable bonds is 4. The smallest absolute Gasteiger partial charge is 0.227 e. The number of nitrogens with zero attached hydrogens (tertiary/aromatic N) is 4. The molecule has 0 aliphatic carbocycles. The van der Waals surface area contributed by atoms with E-state index in [0.29, 0.717) is 24.1 Å². The van der Waals surface area contributed by atoms with Gasteiger partial charge in [-0.05, 0) is 43.7 Å². The molecule has 0 fully saturated rings. The molecule has 0 saturated carbocycles. The predicted molar refractivity (Wildman–Crippen MR) is 99.4 cm³/mol. The predicted octanol–water partition coefficient (Wildman–Crippen LogP) is 4.42. The van der Waals surface area contributed by atoms with Gasteiger partial charge < -0.3 is 14.2 Å². The van der Waals surface area contributed by atoms with Crippen LogP contribution in [0.25, 0.3) is 27.4 Å². The molecule has 5 aromatic heterocycles. The minimum absolute atomic E-state index is 0.514. The van der Waals surface area contributed by atoms with Gasteiger partial charge in [-0.3, -0.25) is 0 Å². The normalized spacial score (nSPS) is 11.6. The van der Waals surface area contributed by atoms with Gasteiger partial charge in [0.1, 0.15) is 10.6 Å². The number of furan rings is 2. The average Bonchev–Trinajstić information content (AvgIpc) is 3.41. The minimum atomic E-state index is 0.514. The fraction of sp³-hybridized carbons (Fsp3) is 0.167. The third-order valence-electron chi connectivity index (χ3n) is 4.35. The molecule has 8 heteroatoms. The van der Waals surface area contributed by atoms with Crippen molar-refractivity contribution < 1.29 is 8.83 Å². The molecule has 5 rings (SSSR count). The summed E-state index contributed by atoms with van der Waals surface area (Å²) in [5.74, 6) is 2.61. The van der Waals surface area contributed by atoms with Crippen molar-refractivity contribution in [3.63, 3.8) is 0 Å². The average molecular weight is 365 g/mol. The molecule has 0 atom stereocenters. The standard InChI is InChI=1S/C18H15N5O2S/c1-10-11(2)26-17-14(10)16-20-15(13-6-4-8-25-13)22-23(16)18(21-17)19-9-12-5-3-7-24-12/h3-8H,9H2,1-2H3,(H,19,21). The Kier molecular flexibility index (Phi) is 3.32. The van der Waals surface area contributed by atoms with E-state index in [4.69, 9.17) is 18.8 Å². The van der Waals surface area contributed by atoms with Crippen LogP contribution in [0.3, 0.4) is 0 Å². The van der Waals surface area contributed by atoms with Gasteiger partial charge >= 0.3 is 0 Å². The van der Waals surface area contributed by atoms with Gasteiger partial charge in [0.15, 0.2) is 11.4 Å². The number of thiophene rings is 1. The van der Waals surface area contributed by atoms with E-state index in [1.54, 1.807) is 28.4 Å². The summed E-state index contributed by atoms with van der Waals surface area (Å²) in [5, 5.41) is 8.95. The third-order valence-corrected chi connectivity index (χ3v) is 5.45. The molecule has 1 N–H and O–H groups in total. The summed E-state index contributed by atoms with van der Waals surface area (Å²) in [7, 11) is 0. The fourth-order valence-corrected chi connectivity index (χ4v) is 3.94. The highest BCUT2D eigenvalue weighted by atomic mass is 32.1. The molecule has 0 aromatic carbocycles. The molecule has 5 heterocycles. The van der Waals surface area contributed by atoms with Gasteiger partial charge in [-0.25, -0.2) is 9.97 Å². The maximum absolute atomic E-state index is 5.46. The molecule has 7 nitrogen and oxygen atoms in total. The van der Waals surface area contributed by atoms with Crippen LogP contribution in [-0.2, 0) is 6.54 Å². The number of anilines is 1. The van der Waals surface area contributed by atoms with Crippen LogP contribution in [0.15, 0.2) is 45.6 Å². The topological polar surface area (TPSA) is 81.4 Å². The lowest BCUT2D eigenvalue weighted by atomic mass is 10.2. The van der Waals surface area contributed by atoms with E-state index in [-0.39, 0.29) is 0 Å². The number of aryl methyl sites for hydroxylation is 2. The number of hydrogen-bond acceptors (Lipinski definition) is 7. The highest BCUT2D eigenvalue weighted by molar-refractivity contribution is 7.18. The van der Waals surface area contributed by atoms with Crippen molar-refractivity contribution in [1.29, 1.82) is 0 Å². The largest absolute Gasteiger partial charge is 0.467 e. The molecule has 0 aliphatic heterocycles. The van der Waals surface area contributed by atoms with Crippen molar-refractivity contribution in [2.45, 2.75) is 20.4 Å². The van der Waals surface area contributed by atoms with Crippen LogP contribution in [0, 0.1) is 13.8 Å². The van der Waals surface area contributed by atoms with E-state index in [2.05, 4.69) is 24.3 Å². The second-order valence-electron chi connectivity index (χ2n) is 5.98. The quantitative estimate of drug-likeness (QED) is 0.508. The Bertz CT molecular complexity index is 1200. The first-order valence-electron chi connectivity index (χ1n) is 8.17. The first kappa shape index (κ1) is 15.2. The zero-order valence-electron chi connectivity index (χ0n) is 14.2. The van der Waals surface area contributed by atoms with E-state index in [1.165, 1.54) is 10.4 Å². The fourth-order valence-electron chi connectivity index (χ4n) is 2.92. The monoisotopic (exact) mass is 365 g/mol. The molecule has 0 aliphatic rings. The summed E-state index contributed by atoms with van der Waals surface area (Å²) in [6.45, 7) is 4.70. The molecular weight excluding hydrogens is 350 g/mol. The first-order chi connectivity index (χ1) is 12.7. The van der Waals surface area contributed by atoms with E-state index in [9.17, 15) is 0 Å². The van der Waals surface area contributed by atoms with Crippen molar-refractivity contribution in [3.05, 3.63) is 53.0 Å². The molecule has 5 aromatic rings. The number of nitrogens with one attached hydrogen (secondary N) is 1. The first-order valence-corrected chi connectivity index (χ1v) is 8.99. The molecule has 0 radical (unpaired) electrons. The van der Waals surface area contributed by atoms with Crippen LogP contribution in [0.1, 0.15) is 16.2 Å². The van der Waals surface area contributed by atoms with Crippen LogP contribution in [-0.4, -0.2) is 19.6 Å². The zero-order valence-corrected chi connectivity index (χ0v) is 15.0. The Labute approximate surface area is 152 Å². The molecule has 0 amide bonds. The summed E-state index contributed by atoms with van der Waals surface area (Å²) < 4.78 is 12.6. The number of hydrogen-bond donors (Lipinski definition) is 1. The van der Waals surface area contributed by atoms with Crippen LogP contribution in [0.5, 0.6) is 0 Å². The van der Waals surface area contributed by atoms with Crippen LogP contribution < -0.4 is 5.32 Å². The Hall–Kier alpha value is -3.13. The molecular formula is C18H15N5O2S. The SMILES string of the molecule is Cc1sc2nc(NCc3ccco3)n3nc(-c4ccco4)nc3c2c1C. The molecule has 0 bridgehead atoms. The Morgan fingerprint density at radius 1 is 1.12 bits per heavy atom. The lowest BCUT2D eigenvalue weighted by molar-refractivity contribution is 0.517. The summed E-state index contributed by atoms with van der Waals surface area (Å²) in [6.07, 6.45) is 3.27. The Morgan fingerprint density at radius 2 is 1.96 bits per heavy atom. The van der Waals surface area contributed by atoms with Crippen molar-refractivity contribution >= 4 is 33.1 Å². The second kappa shape index (κ2) is 5.70. The van der Waals surface area contributed by atoms with Crippen LogP contribution >= 0.6 is 11.3 Å². The van der Waals surface area contributed by atoms with E-state index in [1.807, 2.05) is 24.3 Å². The van der Waals surface area contributed by atoms with Gasteiger partial charge in [0.2, 0.25) is 11.8 Å². The van der Waals surface area contributed by atoms with Crippen molar-refractivity contribution in [2.75, 3.05) is 5.32 Å². The lowest BCUT2D eigenvalue weighted by Crippen LogP contribution is -2.07. The van der Waals surface area contributed by atoms with E-state index < -0.39 is 0 Å². The number of fused-ring (bicyclic) bond motifs is 3. The highest BCUT2D eigenvalue weighted by Crippen LogP contribution is 2.33. The number of aromatic nitrogens is 4. The minimum Gasteiger partial charge on any atom is -0.467 e. The molecule has 26 heavy (non-hydrogen) atoms. The summed E-state index contributed by atoms with van der Waals surface area (Å²) in [4.78, 5) is 11.7. The summed E-state index contributed by atoms with van der Waals surface area (Å²) in [6, 6.07) is 7.45. The van der Waals surface area contributed by atoms with E-state index in [0.717, 1.165) is 21.6 Å². The van der Waals surface area contributed by atoms with Gasteiger partial charge in [-0.15, -0.1) is 16.4 Å². The van der Waals surface area contributed by atoms with Crippen molar-refractivity contribution in [1.82, 2.24) is 19.6 Å². The Morgan fingerprint density at radius 3 is 2.73 bits per heavy atom. The van der Waals surface area contributed by atoms with Crippen LogP contribution in [0.4, 0.5) is 5.95 Å². The van der Waals surface area contributed by atoms with Crippen molar-refractivity contribution in [2.24, 2.45) is 0 Å². The van der Waals surface area contributed by atoms with Gasteiger partial charge in [-0.1, -0.05) is 0 Å².